The summed E-state index contributed by atoms with van der Waals surface area (Å²) in [6.07, 6.45) is 1.93. The summed E-state index contributed by atoms with van der Waals surface area (Å²) in [5.74, 6) is 0.00800. The van der Waals surface area contributed by atoms with Crippen LogP contribution in [-0.4, -0.2) is 15.3 Å². The molecule has 3 heterocycles. The molecule has 0 fully saturated rings. The van der Waals surface area contributed by atoms with Gasteiger partial charge >= 0.3 is 0 Å². The van der Waals surface area contributed by atoms with Gasteiger partial charge in [-0.1, -0.05) is 17.7 Å². The molecular weight excluding hydrogens is 350 g/mol. The molecule has 0 radical (unpaired) electrons. The molecule has 0 spiro atoms. The van der Waals surface area contributed by atoms with Gasteiger partial charge in [-0.3, -0.25) is 4.79 Å². The summed E-state index contributed by atoms with van der Waals surface area (Å²) in [5, 5.41) is 4.26. The first kappa shape index (κ1) is 16.7. The fourth-order valence-corrected chi connectivity index (χ4v) is 3.48. The van der Waals surface area contributed by atoms with Crippen molar-refractivity contribution in [2.45, 2.75) is 27.3 Å². The molecule has 132 valence electrons. The summed E-state index contributed by atoms with van der Waals surface area (Å²) >= 11 is 6.25. The van der Waals surface area contributed by atoms with Gasteiger partial charge in [-0.05, 0) is 50.6 Å². The molecule has 26 heavy (non-hydrogen) atoms. The monoisotopic (exact) mass is 367 g/mol. The molecule has 0 aliphatic rings. The van der Waals surface area contributed by atoms with Crippen LogP contribution in [0.5, 0.6) is 0 Å². The lowest BCUT2D eigenvalue weighted by atomic mass is 10.1. The van der Waals surface area contributed by atoms with Crippen LogP contribution in [0.4, 0.5) is 0 Å². The van der Waals surface area contributed by atoms with E-state index in [9.17, 15) is 4.79 Å². The highest BCUT2D eigenvalue weighted by molar-refractivity contribution is 6.35. The number of aromatic nitrogens is 2. The average molecular weight is 368 g/mol. The Kier molecular flexibility index (Phi) is 3.96. The highest BCUT2D eigenvalue weighted by atomic mass is 35.5. The molecule has 4 rings (SSSR count). The van der Waals surface area contributed by atoms with E-state index in [0.717, 1.165) is 33.5 Å². The Bertz CT molecular complexity index is 1160. The third kappa shape index (κ3) is 2.74. The number of nitrogens with zero attached hydrogens (tertiary/aromatic N) is 2. The van der Waals surface area contributed by atoms with Crippen LogP contribution in [0, 0.1) is 20.8 Å². The van der Waals surface area contributed by atoms with Crippen molar-refractivity contribution in [3.05, 3.63) is 69.8 Å². The fraction of sp³-hybridized carbons (Fsp3) is 0.200. The van der Waals surface area contributed by atoms with Crippen LogP contribution in [0.2, 0.25) is 5.02 Å². The van der Waals surface area contributed by atoms with Gasteiger partial charge in [0.2, 0.25) is 0 Å². The molecule has 0 aliphatic carbocycles. The Hall–Kier alpha value is -2.79. The Morgan fingerprint density at radius 3 is 2.85 bits per heavy atom. The van der Waals surface area contributed by atoms with Gasteiger partial charge in [0.25, 0.3) is 5.91 Å². The predicted molar refractivity (Wildman–Crippen MR) is 102 cm³/mol. The molecule has 1 N–H and O–H groups in total. The second kappa shape index (κ2) is 6.18. The van der Waals surface area contributed by atoms with Crippen molar-refractivity contribution in [2.24, 2.45) is 0 Å². The van der Waals surface area contributed by atoms with Crippen molar-refractivity contribution in [3.8, 4) is 0 Å². The molecule has 4 aromatic rings. The third-order valence-electron chi connectivity index (χ3n) is 4.52. The standard InChI is InChI=1S/C20H18ClN3O2/c1-11-7-15-13(3)18(26-19(15)16(21)8-11)20(25)22-9-14-10-24-12(2)5-4-6-17(24)23-14/h4-8,10H,9H2,1-3H3,(H,22,25). The van der Waals surface area contributed by atoms with Crippen LogP contribution in [0.3, 0.4) is 0 Å². The first-order valence-corrected chi connectivity index (χ1v) is 8.73. The molecule has 3 aromatic heterocycles. The lowest BCUT2D eigenvalue weighted by Gasteiger charge is -2.01. The van der Waals surface area contributed by atoms with Crippen LogP contribution in [0.15, 0.2) is 40.9 Å². The topological polar surface area (TPSA) is 59.5 Å². The summed E-state index contributed by atoms with van der Waals surface area (Å²) in [6, 6.07) is 9.71. The van der Waals surface area contributed by atoms with Crippen LogP contribution < -0.4 is 5.32 Å². The van der Waals surface area contributed by atoms with E-state index in [4.69, 9.17) is 16.0 Å². The maximum atomic E-state index is 12.6. The summed E-state index contributed by atoms with van der Waals surface area (Å²) in [5.41, 5.74) is 5.09. The van der Waals surface area contributed by atoms with Crippen molar-refractivity contribution in [1.82, 2.24) is 14.7 Å². The lowest BCUT2D eigenvalue weighted by Crippen LogP contribution is -2.23. The number of halogens is 1. The number of rotatable bonds is 3. The molecule has 1 aromatic carbocycles. The van der Waals surface area contributed by atoms with Gasteiger partial charge in [0, 0.05) is 22.8 Å². The molecule has 0 saturated heterocycles. The third-order valence-corrected chi connectivity index (χ3v) is 4.80. The number of amides is 1. The average Bonchev–Trinajstić information content (AvgIpc) is 3.16. The molecular formula is C20H18ClN3O2. The predicted octanol–water partition coefficient (Wildman–Crippen LogP) is 4.59. The van der Waals surface area contributed by atoms with Gasteiger partial charge in [0.05, 0.1) is 17.3 Å². The van der Waals surface area contributed by atoms with E-state index >= 15 is 0 Å². The minimum Gasteiger partial charge on any atom is -0.449 e. The number of aryl methyl sites for hydroxylation is 3. The number of nitrogens with one attached hydrogen (secondary N) is 1. The molecule has 5 nitrogen and oxygen atoms in total. The molecule has 0 saturated carbocycles. The Balaban J connectivity index is 1.60. The molecule has 0 bridgehead atoms. The van der Waals surface area contributed by atoms with Crippen molar-refractivity contribution < 1.29 is 9.21 Å². The van der Waals surface area contributed by atoms with Crippen molar-refractivity contribution in [1.29, 1.82) is 0 Å². The fourth-order valence-electron chi connectivity index (χ4n) is 3.16. The number of hydrogen-bond acceptors (Lipinski definition) is 3. The van der Waals surface area contributed by atoms with E-state index in [-0.39, 0.29) is 11.7 Å². The summed E-state index contributed by atoms with van der Waals surface area (Å²) < 4.78 is 7.74. The maximum Gasteiger partial charge on any atom is 0.287 e. The number of benzene rings is 1. The van der Waals surface area contributed by atoms with Crippen LogP contribution in [-0.2, 0) is 6.54 Å². The van der Waals surface area contributed by atoms with Gasteiger partial charge in [-0.2, -0.15) is 0 Å². The van der Waals surface area contributed by atoms with Gasteiger partial charge in [0.1, 0.15) is 5.65 Å². The zero-order chi connectivity index (χ0) is 18.4. The molecule has 0 aliphatic heterocycles. The first-order valence-electron chi connectivity index (χ1n) is 8.35. The smallest absolute Gasteiger partial charge is 0.287 e. The zero-order valence-electron chi connectivity index (χ0n) is 14.8. The molecule has 1 amide bonds. The quantitative estimate of drug-likeness (QED) is 0.576. The van der Waals surface area contributed by atoms with Crippen LogP contribution in [0.25, 0.3) is 16.6 Å². The van der Waals surface area contributed by atoms with Crippen LogP contribution >= 0.6 is 11.6 Å². The second-order valence-corrected chi connectivity index (χ2v) is 6.90. The number of carbonyl (C=O) groups excluding carboxylic acids is 1. The highest BCUT2D eigenvalue weighted by Gasteiger charge is 2.19. The largest absolute Gasteiger partial charge is 0.449 e. The highest BCUT2D eigenvalue weighted by Crippen LogP contribution is 2.32. The second-order valence-electron chi connectivity index (χ2n) is 6.49. The maximum absolute atomic E-state index is 12.6. The zero-order valence-corrected chi connectivity index (χ0v) is 15.5. The molecule has 6 heteroatoms. The van der Waals surface area contributed by atoms with E-state index in [2.05, 4.69) is 10.3 Å². The number of carbonyl (C=O) groups is 1. The van der Waals surface area contributed by atoms with Crippen molar-refractivity contribution >= 4 is 34.1 Å². The molecule has 0 unspecified atom stereocenters. The Morgan fingerprint density at radius 2 is 2.08 bits per heavy atom. The van der Waals surface area contributed by atoms with Crippen LogP contribution in [0.1, 0.15) is 33.1 Å². The number of imidazole rings is 1. The van der Waals surface area contributed by atoms with Gasteiger partial charge in [-0.15, -0.1) is 0 Å². The number of fused-ring (bicyclic) bond motifs is 2. The molecule has 0 atom stereocenters. The lowest BCUT2D eigenvalue weighted by molar-refractivity contribution is 0.0924. The van der Waals surface area contributed by atoms with E-state index in [0.29, 0.717) is 17.2 Å². The van der Waals surface area contributed by atoms with Gasteiger partial charge in [-0.25, -0.2) is 4.98 Å². The summed E-state index contributed by atoms with van der Waals surface area (Å²) in [4.78, 5) is 17.1. The van der Waals surface area contributed by atoms with Gasteiger partial charge in [0.15, 0.2) is 11.3 Å². The number of furan rings is 1. The number of pyridine rings is 1. The summed E-state index contributed by atoms with van der Waals surface area (Å²) in [6.45, 7) is 6.16. The SMILES string of the molecule is Cc1cc(Cl)c2oc(C(=O)NCc3cn4c(C)cccc4n3)c(C)c2c1. The van der Waals surface area contributed by atoms with E-state index < -0.39 is 0 Å². The minimum atomic E-state index is -0.277. The normalized spacial score (nSPS) is 11.4. The van der Waals surface area contributed by atoms with E-state index in [1.165, 1.54) is 0 Å². The van der Waals surface area contributed by atoms with Crippen molar-refractivity contribution in [3.63, 3.8) is 0 Å². The number of hydrogen-bond donors (Lipinski definition) is 1. The van der Waals surface area contributed by atoms with Crippen molar-refractivity contribution in [2.75, 3.05) is 0 Å². The summed E-state index contributed by atoms with van der Waals surface area (Å²) in [7, 11) is 0. The van der Waals surface area contributed by atoms with E-state index in [1.807, 2.05) is 61.7 Å². The van der Waals surface area contributed by atoms with E-state index in [1.54, 1.807) is 0 Å². The Morgan fingerprint density at radius 1 is 1.27 bits per heavy atom. The minimum absolute atomic E-state index is 0.277. The first-order chi connectivity index (χ1) is 12.4. The Labute approximate surface area is 155 Å². The van der Waals surface area contributed by atoms with Gasteiger partial charge < -0.3 is 14.1 Å².